The second-order valence-corrected chi connectivity index (χ2v) is 3.19. The highest BCUT2D eigenvalue weighted by molar-refractivity contribution is 6.68. The molecule has 0 atom stereocenters. The Kier molecular flexibility index (Phi) is 3.85. The monoisotopic (exact) mass is 178 g/mol. The van der Waals surface area contributed by atoms with Crippen molar-refractivity contribution in [3.8, 4) is 0 Å². The van der Waals surface area contributed by atoms with Crippen LogP contribution in [-0.2, 0) is 0 Å². The highest BCUT2D eigenvalue weighted by Gasteiger charge is 2.26. The summed E-state index contributed by atoms with van der Waals surface area (Å²) >= 11 is 5.53. The molecule has 64 valence electrons. The van der Waals surface area contributed by atoms with E-state index in [0.29, 0.717) is 0 Å². The molecule has 0 fully saturated rings. The van der Waals surface area contributed by atoms with Crippen molar-refractivity contribution in [2.24, 2.45) is 5.16 Å². The number of nitrogens with zero attached hydrogens (tertiary/aromatic N) is 1. The van der Waals surface area contributed by atoms with Gasteiger partial charge in [-0.15, -0.1) is 0 Å². The lowest BCUT2D eigenvalue weighted by molar-refractivity contribution is 0.315. The third-order valence-electron chi connectivity index (χ3n) is 1.17. The first-order chi connectivity index (χ1) is 4.90. The standard InChI is InChI=1S/C5H12BClN2O2/c1-5(2,4(7)8-11)9-6(3)10/h9-11H,1-3H3/b8-4-. The Hall–Kier alpha value is -0.255. The number of oxime groups is 1. The van der Waals surface area contributed by atoms with Crippen molar-refractivity contribution in [3.63, 3.8) is 0 Å². The molecule has 3 N–H and O–H groups in total. The molecule has 11 heavy (non-hydrogen) atoms. The van der Waals surface area contributed by atoms with Crippen LogP contribution in [0, 0.1) is 0 Å². The Balaban J connectivity index is 4.22. The van der Waals surface area contributed by atoms with Gasteiger partial charge in [0, 0.05) is 0 Å². The minimum absolute atomic E-state index is 0.0124. The summed E-state index contributed by atoms with van der Waals surface area (Å²) in [5.41, 5.74) is -0.704. The van der Waals surface area contributed by atoms with Crippen molar-refractivity contribution in [2.45, 2.75) is 26.2 Å². The van der Waals surface area contributed by atoms with E-state index < -0.39 is 12.6 Å². The van der Waals surface area contributed by atoms with Crippen molar-refractivity contribution in [3.05, 3.63) is 0 Å². The Morgan fingerprint density at radius 2 is 2.09 bits per heavy atom. The molecule has 4 nitrogen and oxygen atoms in total. The van der Waals surface area contributed by atoms with E-state index in [1.807, 2.05) is 0 Å². The first-order valence-electron chi connectivity index (χ1n) is 3.24. The molecule has 0 aliphatic carbocycles. The van der Waals surface area contributed by atoms with E-state index in [0.717, 1.165) is 0 Å². The van der Waals surface area contributed by atoms with Crippen molar-refractivity contribution in [2.75, 3.05) is 0 Å². The zero-order chi connectivity index (χ0) is 9.07. The molecule has 0 radical (unpaired) electrons. The van der Waals surface area contributed by atoms with Crippen LogP contribution >= 0.6 is 11.6 Å². The quantitative estimate of drug-likeness (QED) is 0.255. The number of nitrogens with one attached hydrogen (secondary N) is 1. The maximum atomic E-state index is 8.93. The van der Waals surface area contributed by atoms with Crippen LogP contribution in [0.25, 0.3) is 0 Å². The lowest BCUT2D eigenvalue weighted by Crippen LogP contribution is -2.51. The molecular formula is C5H12BClN2O2. The maximum absolute atomic E-state index is 8.93. The summed E-state index contributed by atoms with van der Waals surface area (Å²) in [5.74, 6) is 0. The van der Waals surface area contributed by atoms with Gasteiger partial charge in [-0.1, -0.05) is 16.8 Å². The van der Waals surface area contributed by atoms with E-state index in [-0.39, 0.29) is 5.17 Å². The molecular weight excluding hydrogens is 166 g/mol. The molecule has 0 heterocycles. The van der Waals surface area contributed by atoms with E-state index in [1.165, 1.54) is 0 Å². The fourth-order valence-corrected chi connectivity index (χ4v) is 0.761. The van der Waals surface area contributed by atoms with E-state index in [2.05, 4.69) is 10.4 Å². The van der Waals surface area contributed by atoms with Crippen LogP contribution in [0.2, 0.25) is 6.82 Å². The predicted molar refractivity (Wildman–Crippen MR) is 46.1 cm³/mol. The molecule has 0 spiro atoms. The minimum Gasteiger partial charge on any atom is -0.437 e. The Morgan fingerprint density at radius 3 is 2.36 bits per heavy atom. The summed E-state index contributed by atoms with van der Waals surface area (Å²) in [6.07, 6.45) is 0. The van der Waals surface area contributed by atoms with Gasteiger partial charge < -0.3 is 15.5 Å². The molecule has 0 bridgehead atoms. The van der Waals surface area contributed by atoms with Gasteiger partial charge in [0.15, 0.2) is 5.17 Å². The number of halogens is 1. The van der Waals surface area contributed by atoms with Crippen LogP contribution in [0.3, 0.4) is 0 Å². The van der Waals surface area contributed by atoms with Gasteiger partial charge in [-0.2, -0.15) is 0 Å². The third-order valence-corrected chi connectivity index (χ3v) is 1.72. The third kappa shape index (κ3) is 3.60. The zero-order valence-corrected chi connectivity index (χ0v) is 7.55. The Morgan fingerprint density at radius 1 is 1.64 bits per heavy atom. The molecule has 0 rings (SSSR count). The predicted octanol–water partition coefficient (Wildman–Crippen LogP) is 0.491. The van der Waals surface area contributed by atoms with Gasteiger partial charge in [-0.05, 0) is 20.7 Å². The summed E-state index contributed by atoms with van der Waals surface area (Å²) < 4.78 is 0. The highest BCUT2D eigenvalue weighted by atomic mass is 35.5. The lowest BCUT2D eigenvalue weighted by Gasteiger charge is -2.24. The van der Waals surface area contributed by atoms with Crippen LogP contribution in [-0.4, -0.2) is 28.0 Å². The van der Waals surface area contributed by atoms with Gasteiger partial charge in [0.05, 0.1) is 5.54 Å². The molecule has 0 aromatic rings. The van der Waals surface area contributed by atoms with Gasteiger partial charge >= 0.3 is 7.05 Å². The molecule has 0 saturated heterocycles. The minimum atomic E-state index is -0.704. The molecule has 0 aromatic heterocycles. The van der Waals surface area contributed by atoms with Gasteiger partial charge in [0.1, 0.15) is 0 Å². The highest BCUT2D eigenvalue weighted by Crippen LogP contribution is 2.08. The van der Waals surface area contributed by atoms with E-state index in [1.54, 1.807) is 20.7 Å². The molecule has 0 amide bonds. The van der Waals surface area contributed by atoms with E-state index >= 15 is 0 Å². The van der Waals surface area contributed by atoms with Crippen molar-refractivity contribution in [1.29, 1.82) is 0 Å². The number of hydrogen-bond acceptors (Lipinski definition) is 4. The second kappa shape index (κ2) is 3.94. The molecule has 0 saturated carbocycles. The fourth-order valence-electron chi connectivity index (χ4n) is 0.707. The topological polar surface area (TPSA) is 64.8 Å². The van der Waals surface area contributed by atoms with E-state index in [4.69, 9.17) is 21.8 Å². The van der Waals surface area contributed by atoms with Crippen LogP contribution in [0.1, 0.15) is 13.8 Å². The summed E-state index contributed by atoms with van der Waals surface area (Å²) in [6, 6.07) is 0. The summed E-state index contributed by atoms with van der Waals surface area (Å²) in [7, 11) is -0.694. The van der Waals surface area contributed by atoms with Crippen LogP contribution in [0.15, 0.2) is 5.16 Å². The van der Waals surface area contributed by atoms with Crippen molar-refractivity contribution < 1.29 is 10.2 Å². The van der Waals surface area contributed by atoms with Gasteiger partial charge in [-0.3, -0.25) is 0 Å². The van der Waals surface area contributed by atoms with Crippen molar-refractivity contribution >= 4 is 23.8 Å². The van der Waals surface area contributed by atoms with Gasteiger partial charge in [-0.25, -0.2) is 0 Å². The number of hydrogen-bond donors (Lipinski definition) is 3. The fraction of sp³-hybridized carbons (Fsp3) is 0.800. The molecule has 6 heteroatoms. The summed E-state index contributed by atoms with van der Waals surface area (Å²) in [6.45, 7) is 4.95. The largest absolute Gasteiger partial charge is 0.437 e. The van der Waals surface area contributed by atoms with Crippen LogP contribution < -0.4 is 5.23 Å². The summed E-state index contributed by atoms with van der Waals surface area (Å²) in [5, 5.41) is 22.8. The molecule has 0 aromatic carbocycles. The SMILES string of the molecule is CB(O)NC(C)(C)/C(Cl)=N/O. The zero-order valence-electron chi connectivity index (χ0n) is 6.80. The molecule has 0 aliphatic heterocycles. The molecule has 0 aliphatic rings. The first kappa shape index (κ1) is 10.7. The van der Waals surface area contributed by atoms with Crippen LogP contribution in [0.4, 0.5) is 0 Å². The summed E-state index contributed by atoms with van der Waals surface area (Å²) in [4.78, 5) is 0. The average molecular weight is 178 g/mol. The van der Waals surface area contributed by atoms with Gasteiger partial charge in [0.25, 0.3) is 0 Å². The average Bonchev–Trinajstić information content (AvgIpc) is 1.83. The van der Waals surface area contributed by atoms with E-state index in [9.17, 15) is 0 Å². The smallest absolute Gasteiger partial charge is 0.374 e. The number of rotatable bonds is 3. The Bertz CT molecular complexity index is 161. The second-order valence-electron chi connectivity index (χ2n) is 2.84. The van der Waals surface area contributed by atoms with Gasteiger partial charge in [0.2, 0.25) is 0 Å². The lowest BCUT2D eigenvalue weighted by atomic mass is 9.84. The molecule has 0 unspecified atom stereocenters. The van der Waals surface area contributed by atoms with Crippen molar-refractivity contribution in [1.82, 2.24) is 5.23 Å². The van der Waals surface area contributed by atoms with Crippen LogP contribution in [0.5, 0.6) is 0 Å². The first-order valence-corrected chi connectivity index (χ1v) is 3.61. The maximum Gasteiger partial charge on any atom is 0.374 e. The Labute approximate surface area is 71.4 Å². The normalized spacial score (nSPS) is 13.4.